The Morgan fingerprint density at radius 1 is 1.27 bits per heavy atom. The second kappa shape index (κ2) is 7.30. The lowest BCUT2D eigenvalue weighted by Crippen LogP contribution is -2.14. The maximum Gasteiger partial charge on any atom is 0.361 e. The van der Waals surface area contributed by atoms with Crippen molar-refractivity contribution in [1.29, 1.82) is 0 Å². The Labute approximate surface area is 149 Å². The van der Waals surface area contributed by atoms with Gasteiger partial charge in [-0.15, -0.1) is 10.2 Å². The van der Waals surface area contributed by atoms with Crippen molar-refractivity contribution < 1.29 is 13.9 Å². The zero-order chi connectivity index (χ0) is 18.7. The molecule has 0 amide bonds. The van der Waals surface area contributed by atoms with E-state index < -0.39 is 5.97 Å². The molecule has 0 atom stereocenters. The predicted molar refractivity (Wildman–Crippen MR) is 94.9 cm³/mol. The highest BCUT2D eigenvalue weighted by molar-refractivity contribution is 5.91. The summed E-state index contributed by atoms with van der Waals surface area (Å²) in [5, 5.41) is 12.5. The van der Waals surface area contributed by atoms with Crippen LogP contribution in [-0.4, -0.2) is 51.4 Å². The molecular formula is C18H18FN5O2. The summed E-state index contributed by atoms with van der Waals surface area (Å²) in [5.74, 6) is -0.894. The number of rotatable bonds is 5. The van der Waals surface area contributed by atoms with E-state index in [9.17, 15) is 9.18 Å². The summed E-state index contributed by atoms with van der Waals surface area (Å²) in [7, 11) is 3.72. The van der Waals surface area contributed by atoms with Gasteiger partial charge in [0.15, 0.2) is 11.3 Å². The van der Waals surface area contributed by atoms with Crippen LogP contribution in [0.25, 0.3) is 22.9 Å². The van der Waals surface area contributed by atoms with Crippen LogP contribution in [0.2, 0.25) is 0 Å². The van der Waals surface area contributed by atoms with Gasteiger partial charge < -0.3 is 9.64 Å². The average Bonchev–Trinajstić information content (AvgIpc) is 3.04. The molecule has 2 heterocycles. The molecule has 0 aliphatic carbocycles. The smallest absolute Gasteiger partial charge is 0.361 e. The molecule has 0 aliphatic heterocycles. The fourth-order valence-electron chi connectivity index (χ4n) is 2.41. The van der Waals surface area contributed by atoms with Gasteiger partial charge in [0.05, 0.1) is 12.8 Å². The number of hydrogen-bond acceptors (Lipinski definition) is 6. The van der Waals surface area contributed by atoms with Crippen molar-refractivity contribution in [2.45, 2.75) is 6.92 Å². The van der Waals surface area contributed by atoms with Crippen molar-refractivity contribution in [2.24, 2.45) is 0 Å². The standard InChI is InChI=1S/C18H18FN5O2/c1-4-26-18(25)16-15(9-10-23(2)3)24-17(22-21-16)14(11-20-24)12-5-7-13(19)8-6-12/h5-11H,4H2,1-3H3/b10-9+. The molecule has 26 heavy (non-hydrogen) atoms. The van der Waals surface area contributed by atoms with Crippen LogP contribution in [0, 0.1) is 5.82 Å². The Kier molecular flexibility index (Phi) is 4.92. The van der Waals surface area contributed by atoms with E-state index in [2.05, 4.69) is 15.3 Å². The second-order valence-electron chi connectivity index (χ2n) is 5.73. The van der Waals surface area contributed by atoms with Gasteiger partial charge in [0.25, 0.3) is 0 Å². The molecule has 134 valence electrons. The number of ether oxygens (including phenoxy) is 1. The summed E-state index contributed by atoms with van der Waals surface area (Å²) in [6.07, 6.45) is 5.10. The third kappa shape index (κ3) is 3.39. The van der Waals surface area contributed by atoms with Crippen molar-refractivity contribution in [3.8, 4) is 11.1 Å². The van der Waals surface area contributed by atoms with Gasteiger partial charge in [0, 0.05) is 25.9 Å². The summed E-state index contributed by atoms with van der Waals surface area (Å²) < 4.78 is 19.8. The highest BCUT2D eigenvalue weighted by Gasteiger charge is 2.20. The summed E-state index contributed by atoms with van der Waals surface area (Å²) in [4.78, 5) is 14.0. The summed E-state index contributed by atoms with van der Waals surface area (Å²) in [6.45, 7) is 1.95. The van der Waals surface area contributed by atoms with E-state index in [-0.39, 0.29) is 18.1 Å². The number of fused-ring (bicyclic) bond motifs is 1. The fraction of sp³-hybridized carbons (Fsp3) is 0.222. The molecular weight excluding hydrogens is 337 g/mol. The van der Waals surface area contributed by atoms with Crippen LogP contribution in [0.3, 0.4) is 0 Å². The Bertz CT molecular complexity index is 964. The SMILES string of the molecule is CCOC(=O)c1nnc2c(-c3ccc(F)cc3)cnn2c1/C=C/N(C)C. The maximum atomic E-state index is 13.2. The van der Waals surface area contributed by atoms with Crippen LogP contribution in [0.1, 0.15) is 23.1 Å². The molecule has 0 N–H and O–H groups in total. The predicted octanol–water partition coefficient (Wildman–Crippen LogP) is 2.64. The number of carbonyl (C=O) groups excluding carboxylic acids is 1. The third-order valence-electron chi connectivity index (χ3n) is 3.61. The van der Waals surface area contributed by atoms with E-state index in [0.29, 0.717) is 16.9 Å². The number of esters is 1. The topological polar surface area (TPSA) is 72.6 Å². The van der Waals surface area contributed by atoms with Crippen LogP contribution in [-0.2, 0) is 4.74 Å². The molecule has 3 rings (SSSR count). The van der Waals surface area contributed by atoms with Crippen molar-refractivity contribution in [3.05, 3.63) is 53.9 Å². The van der Waals surface area contributed by atoms with E-state index in [4.69, 9.17) is 4.74 Å². The number of carbonyl (C=O) groups is 1. The quantitative estimate of drug-likeness (QED) is 0.655. The Balaban J connectivity index is 2.18. The normalized spacial score (nSPS) is 11.2. The minimum atomic E-state index is -0.570. The van der Waals surface area contributed by atoms with Crippen LogP contribution >= 0.6 is 0 Å². The largest absolute Gasteiger partial charge is 0.461 e. The Morgan fingerprint density at radius 2 is 2.00 bits per heavy atom. The summed E-state index contributed by atoms with van der Waals surface area (Å²) >= 11 is 0. The molecule has 0 aliphatic rings. The highest BCUT2D eigenvalue weighted by Crippen LogP contribution is 2.25. The first-order valence-electron chi connectivity index (χ1n) is 8.03. The Morgan fingerprint density at radius 3 is 2.65 bits per heavy atom. The molecule has 0 unspecified atom stereocenters. The maximum absolute atomic E-state index is 13.2. The van der Waals surface area contributed by atoms with Gasteiger partial charge in [0.1, 0.15) is 11.5 Å². The number of aromatic nitrogens is 4. The number of hydrogen-bond donors (Lipinski definition) is 0. The van der Waals surface area contributed by atoms with E-state index in [1.165, 1.54) is 16.6 Å². The first kappa shape index (κ1) is 17.5. The first-order valence-corrected chi connectivity index (χ1v) is 8.03. The van der Waals surface area contributed by atoms with E-state index in [1.54, 1.807) is 37.5 Å². The first-order chi connectivity index (χ1) is 12.5. The molecule has 0 radical (unpaired) electrons. The summed E-state index contributed by atoms with van der Waals surface area (Å²) in [6, 6.07) is 6.02. The van der Waals surface area contributed by atoms with Gasteiger partial charge in [0.2, 0.25) is 0 Å². The second-order valence-corrected chi connectivity index (χ2v) is 5.73. The molecule has 3 aromatic rings. The average molecular weight is 355 g/mol. The highest BCUT2D eigenvalue weighted by atomic mass is 19.1. The van der Waals surface area contributed by atoms with Crippen LogP contribution in [0.5, 0.6) is 0 Å². The molecule has 0 bridgehead atoms. The molecule has 2 aromatic heterocycles. The van der Waals surface area contributed by atoms with E-state index in [0.717, 1.165) is 5.56 Å². The van der Waals surface area contributed by atoms with Gasteiger partial charge in [-0.3, -0.25) is 0 Å². The van der Waals surface area contributed by atoms with E-state index in [1.807, 2.05) is 19.0 Å². The van der Waals surface area contributed by atoms with Gasteiger partial charge in [-0.1, -0.05) is 12.1 Å². The molecule has 0 spiro atoms. The molecule has 1 aromatic carbocycles. The lowest BCUT2D eigenvalue weighted by molar-refractivity contribution is 0.0517. The van der Waals surface area contributed by atoms with Crippen molar-refractivity contribution in [2.75, 3.05) is 20.7 Å². The zero-order valence-electron chi connectivity index (χ0n) is 14.7. The van der Waals surface area contributed by atoms with Crippen molar-refractivity contribution >= 4 is 17.7 Å². The van der Waals surface area contributed by atoms with Gasteiger partial charge in [-0.2, -0.15) is 5.10 Å². The van der Waals surface area contributed by atoms with Gasteiger partial charge in [-0.05, 0) is 30.7 Å². The molecule has 0 fully saturated rings. The molecule has 0 saturated carbocycles. The van der Waals surface area contributed by atoms with Gasteiger partial charge >= 0.3 is 5.97 Å². The number of nitrogens with zero attached hydrogens (tertiary/aromatic N) is 5. The monoisotopic (exact) mass is 355 g/mol. The van der Waals surface area contributed by atoms with Crippen LogP contribution in [0.4, 0.5) is 4.39 Å². The van der Waals surface area contributed by atoms with Crippen LogP contribution in [0.15, 0.2) is 36.7 Å². The van der Waals surface area contributed by atoms with Crippen LogP contribution < -0.4 is 0 Å². The fourth-order valence-corrected chi connectivity index (χ4v) is 2.41. The lowest BCUT2D eigenvalue weighted by atomic mass is 10.1. The van der Waals surface area contributed by atoms with Crippen molar-refractivity contribution in [3.63, 3.8) is 0 Å². The number of benzene rings is 1. The minimum absolute atomic E-state index is 0.0752. The van der Waals surface area contributed by atoms with E-state index >= 15 is 0 Å². The molecule has 8 heteroatoms. The Hall–Kier alpha value is -3.29. The molecule has 0 saturated heterocycles. The number of halogens is 1. The molecule has 7 nitrogen and oxygen atoms in total. The van der Waals surface area contributed by atoms with Crippen molar-refractivity contribution in [1.82, 2.24) is 24.7 Å². The third-order valence-corrected chi connectivity index (χ3v) is 3.61. The lowest BCUT2D eigenvalue weighted by Gasteiger charge is -2.08. The summed E-state index contributed by atoms with van der Waals surface area (Å²) in [5.41, 5.74) is 2.43. The minimum Gasteiger partial charge on any atom is -0.461 e. The zero-order valence-corrected chi connectivity index (χ0v) is 14.7. The van der Waals surface area contributed by atoms with Gasteiger partial charge in [-0.25, -0.2) is 13.7 Å².